The Balaban J connectivity index is 4.38. The SMILES string of the molecule is CC(N)C(=O)OP(=O)(O)OC(=O)C(C)N. The molecule has 0 aromatic rings. The first kappa shape index (κ1) is 14.1. The Labute approximate surface area is 86.1 Å². The van der Waals surface area contributed by atoms with Crippen molar-refractivity contribution in [3.8, 4) is 0 Å². The summed E-state index contributed by atoms with van der Waals surface area (Å²) in [5.74, 6) is -2.31. The van der Waals surface area contributed by atoms with Crippen LogP contribution in [0.2, 0.25) is 0 Å². The molecule has 2 unspecified atom stereocenters. The van der Waals surface area contributed by atoms with E-state index in [9.17, 15) is 14.2 Å². The van der Waals surface area contributed by atoms with Crippen LogP contribution in [0.3, 0.4) is 0 Å². The first-order valence-corrected chi connectivity index (χ1v) is 5.46. The van der Waals surface area contributed by atoms with Gasteiger partial charge in [0.25, 0.3) is 0 Å². The van der Waals surface area contributed by atoms with E-state index in [1.54, 1.807) is 0 Å². The Kier molecular flexibility index (Phi) is 4.89. The molecule has 0 saturated heterocycles. The van der Waals surface area contributed by atoms with Crippen molar-refractivity contribution in [1.29, 1.82) is 0 Å². The van der Waals surface area contributed by atoms with Gasteiger partial charge in [0.05, 0.1) is 0 Å². The average molecular weight is 240 g/mol. The molecule has 0 saturated carbocycles. The van der Waals surface area contributed by atoms with E-state index < -0.39 is 31.8 Å². The third-order valence-electron chi connectivity index (χ3n) is 1.15. The number of carbonyl (C=O) groups is 2. The summed E-state index contributed by atoms with van der Waals surface area (Å²) < 4.78 is 18.9. The zero-order valence-electron chi connectivity index (χ0n) is 8.25. The predicted octanol–water partition coefficient (Wildman–Crippen LogP) is -1.13. The maximum absolute atomic E-state index is 11.0. The van der Waals surface area contributed by atoms with Crippen LogP contribution in [-0.4, -0.2) is 28.9 Å². The lowest BCUT2D eigenvalue weighted by molar-refractivity contribution is -0.141. The molecule has 0 aliphatic rings. The van der Waals surface area contributed by atoms with Crippen LogP contribution in [0.1, 0.15) is 13.8 Å². The van der Waals surface area contributed by atoms with Crippen LogP contribution in [0.4, 0.5) is 0 Å². The number of hydrogen-bond donors (Lipinski definition) is 3. The Morgan fingerprint density at radius 3 is 1.60 bits per heavy atom. The molecule has 0 heterocycles. The third-order valence-corrected chi connectivity index (χ3v) is 1.98. The molecule has 0 aromatic heterocycles. The van der Waals surface area contributed by atoms with Gasteiger partial charge in [-0.25, -0.2) is 14.2 Å². The summed E-state index contributed by atoms with van der Waals surface area (Å²) in [5.41, 5.74) is 10.1. The number of phosphoric acid groups is 1. The van der Waals surface area contributed by atoms with Gasteiger partial charge in [0.2, 0.25) is 0 Å². The van der Waals surface area contributed by atoms with Crippen LogP contribution in [0.15, 0.2) is 0 Å². The van der Waals surface area contributed by atoms with Gasteiger partial charge in [-0.05, 0) is 13.8 Å². The quantitative estimate of drug-likeness (QED) is 0.524. The maximum atomic E-state index is 11.0. The van der Waals surface area contributed by atoms with Crippen LogP contribution in [0, 0.1) is 0 Å². The first-order chi connectivity index (χ1) is 6.65. The molecule has 0 aliphatic heterocycles. The summed E-state index contributed by atoms with van der Waals surface area (Å²) in [4.78, 5) is 30.5. The lowest BCUT2D eigenvalue weighted by Gasteiger charge is -2.13. The summed E-state index contributed by atoms with van der Waals surface area (Å²) in [6.07, 6.45) is 0. The zero-order chi connectivity index (χ0) is 12.2. The Bertz CT molecular complexity index is 276. The van der Waals surface area contributed by atoms with Crippen molar-refractivity contribution < 1.29 is 28.1 Å². The van der Waals surface area contributed by atoms with E-state index >= 15 is 0 Å². The lowest BCUT2D eigenvalue weighted by atomic mass is 10.4. The van der Waals surface area contributed by atoms with Gasteiger partial charge >= 0.3 is 19.8 Å². The third kappa shape index (κ3) is 5.48. The van der Waals surface area contributed by atoms with Crippen molar-refractivity contribution in [3.05, 3.63) is 0 Å². The van der Waals surface area contributed by atoms with E-state index in [-0.39, 0.29) is 0 Å². The monoisotopic (exact) mass is 240 g/mol. The van der Waals surface area contributed by atoms with E-state index in [1.807, 2.05) is 0 Å². The molecule has 8 nitrogen and oxygen atoms in total. The average Bonchev–Trinajstić information content (AvgIpc) is 2.01. The summed E-state index contributed by atoms with van der Waals surface area (Å²) >= 11 is 0. The van der Waals surface area contributed by atoms with Crippen molar-refractivity contribution >= 4 is 19.8 Å². The topological polar surface area (TPSA) is 142 Å². The fourth-order valence-corrected chi connectivity index (χ4v) is 1.24. The van der Waals surface area contributed by atoms with E-state index in [0.29, 0.717) is 0 Å². The molecule has 0 aromatic carbocycles. The number of carbonyl (C=O) groups excluding carboxylic acids is 2. The van der Waals surface area contributed by atoms with Crippen molar-refractivity contribution in [2.45, 2.75) is 25.9 Å². The van der Waals surface area contributed by atoms with Crippen molar-refractivity contribution in [3.63, 3.8) is 0 Å². The molecular weight excluding hydrogens is 227 g/mol. The van der Waals surface area contributed by atoms with Crippen LogP contribution in [0.5, 0.6) is 0 Å². The minimum atomic E-state index is -4.77. The van der Waals surface area contributed by atoms with E-state index in [0.717, 1.165) is 0 Å². The van der Waals surface area contributed by atoms with Gasteiger partial charge in [0.1, 0.15) is 12.1 Å². The molecule has 9 heteroatoms. The maximum Gasteiger partial charge on any atom is 0.589 e. The number of hydrogen-bond acceptors (Lipinski definition) is 7. The summed E-state index contributed by atoms with van der Waals surface area (Å²) in [7, 11) is -4.77. The second kappa shape index (κ2) is 5.22. The van der Waals surface area contributed by atoms with E-state index in [4.69, 9.17) is 16.4 Å². The number of nitrogens with two attached hydrogens (primary N) is 2. The van der Waals surface area contributed by atoms with Gasteiger partial charge < -0.3 is 20.5 Å². The molecule has 0 spiro atoms. The smallest absolute Gasteiger partial charge is 0.360 e. The standard InChI is InChI=1S/C6H13N2O6P/c1-3(7)5(9)13-15(11,12)14-6(10)4(2)8/h3-4H,7-8H2,1-2H3,(H,11,12). The van der Waals surface area contributed by atoms with Gasteiger partial charge in [0.15, 0.2) is 0 Å². The lowest BCUT2D eigenvalue weighted by Crippen LogP contribution is -2.31. The Morgan fingerprint density at radius 2 is 1.40 bits per heavy atom. The molecule has 0 bridgehead atoms. The zero-order valence-corrected chi connectivity index (χ0v) is 9.14. The highest BCUT2D eigenvalue weighted by Gasteiger charge is 2.32. The van der Waals surface area contributed by atoms with Crippen LogP contribution < -0.4 is 11.5 Å². The van der Waals surface area contributed by atoms with Crippen molar-refractivity contribution in [2.75, 3.05) is 0 Å². The second-order valence-electron chi connectivity index (χ2n) is 2.87. The highest BCUT2D eigenvalue weighted by Crippen LogP contribution is 2.43. The highest BCUT2D eigenvalue weighted by atomic mass is 31.2. The van der Waals surface area contributed by atoms with Gasteiger partial charge in [-0.1, -0.05) is 0 Å². The molecule has 0 radical (unpaired) electrons. The van der Waals surface area contributed by atoms with Crippen LogP contribution in [0.25, 0.3) is 0 Å². The molecule has 88 valence electrons. The molecule has 0 fully saturated rings. The fourth-order valence-electron chi connectivity index (χ4n) is 0.412. The van der Waals surface area contributed by atoms with Gasteiger partial charge in [-0.2, -0.15) is 0 Å². The minimum Gasteiger partial charge on any atom is -0.360 e. The molecule has 5 N–H and O–H groups in total. The second-order valence-corrected chi connectivity index (χ2v) is 4.17. The molecule has 0 aliphatic carbocycles. The largest absolute Gasteiger partial charge is 0.589 e. The normalized spacial score (nSPS) is 18.5. The minimum absolute atomic E-state index is 1.10. The van der Waals surface area contributed by atoms with E-state index in [1.165, 1.54) is 13.8 Å². The number of rotatable bonds is 4. The molecule has 15 heavy (non-hydrogen) atoms. The fraction of sp³-hybridized carbons (Fsp3) is 0.667. The van der Waals surface area contributed by atoms with Crippen LogP contribution in [-0.2, 0) is 23.2 Å². The highest BCUT2D eigenvalue weighted by molar-refractivity contribution is 7.48. The van der Waals surface area contributed by atoms with Crippen molar-refractivity contribution in [2.24, 2.45) is 11.5 Å². The molecule has 0 rings (SSSR count). The Morgan fingerprint density at radius 1 is 1.13 bits per heavy atom. The predicted molar refractivity (Wildman–Crippen MR) is 49.3 cm³/mol. The van der Waals surface area contributed by atoms with Crippen LogP contribution >= 0.6 is 7.82 Å². The molecular formula is C6H13N2O6P. The first-order valence-electron chi connectivity index (χ1n) is 3.96. The Hall–Kier alpha value is -0.950. The van der Waals surface area contributed by atoms with Gasteiger partial charge in [0, 0.05) is 0 Å². The molecule has 2 atom stereocenters. The molecule has 0 amide bonds. The summed E-state index contributed by atoms with van der Waals surface area (Å²) in [6, 6.07) is -2.20. The van der Waals surface area contributed by atoms with Gasteiger partial charge in [-0.15, -0.1) is 0 Å². The van der Waals surface area contributed by atoms with Crippen molar-refractivity contribution in [1.82, 2.24) is 0 Å². The number of phosphoric ester groups is 1. The van der Waals surface area contributed by atoms with Gasteiger partial charge in [-0.3, -0.25) is 4.89 Å². The summed E-state index contributed by atoms with van der Waals surface area (Å²) in [5, 5.41) is 0. The summed E-state index contributed by atoms with van der Waals surface area (Å²) in [6.45, 7) is 2.49. The van der Waals surface area contributed by atoms with E-state index in [2.05, 4.69) is 9.05 Å².